The Morgan fingerprint density at radius 1 is 1.43 bits per heavy atom. The Morgan fingerprint density at radius 3 is 2.78 bits per heavy atom. The molecule has 23 heavy (non-hydrogen) atoms. The zero-order valence-corrected chi connectivity index (χ0v) is 14.1. The van der Waals surface area contributed by atoms with Gasteiger partial charge in [0.1, 0.15) is 12.2 Å². The summed E-state index contributed by atoms with van der Waals surface area (Å²) < 4.78 is 23.2. The lowest BCUT2D eigenvalue weighted by Crippen LogP contribution is -2.55. The SMILES string of the molecule is CS(=O)(=O)C1(CNC(=O)N2CCCCC2c2ncn[nH]2)CCC1. The number of piperidine rings is 1. The van der Waals surface area contributed by atoms with Gasteiger partial charge in [-0.25, -0.2) is 18.2 Å². The number of hydrogen-bond donors (Lipinski definition) is 2. The number of amides is 2. The van der Waals surface area contributed by atoms with E-state index in [-0.39, 0.29) is 18.6 Å². The zero-order chi connectivity index (χ0) is 16.5. The van der Waals surface area contributed by atoms with Crippen molar-refractivity contribution in [1.29, 1.82) is 0 Å². The number of nitrogens with zero attached hydrogens (tertiary/aromatic N) is 3. The van der Waals surface area contributed by atoms with Crippen molar-refractivity contribution in [3.05, 3.63) is 12.2 Å². The molecular weight excluding hydrogens is 318 g/mol. The molecule has 1 saturated heterocycles. The van der Waals surface area contributed by atoms with Crippen molar-refractivity contribution in [3.8, 4) is 0 Å². The van der Waals surface area contributed by atoms with E-state index in [2.05, 4.69) is 20.5 Å². The summed E-state index contributed by atoms with van der Waals surface area (Å²) in [5.74, 6) is 0.682. The molecule has 1 aromatic heterocycles. The van der Waals surface area contributed by atoms with Crippen molar-refractivity contribution in [3.63, 3.8) is 0 Å². The fourth-order valence-electron chi connectivity index (χ4n) is 3.42. The van der Waals surface area contributed by atoms with E-state index >= 15 is 0 Å². The molecule has 2 amide bonds. The predicted octanol–water partition coefficient (Wildman–Crippen LogP) is 1.01. The molecule has 8 nitrogen and oxygen atoms in total. The van der Waals surface area contributed by atoms with Crippen molar-refractivity contribution in [2.24, 2.45) is 0 Å². The van der Waals surface area contributed by atoms with Crippen LogP contribution in [0.5, 0.6) is 0 Å². The fourth-order valence-corrected chi connectivity index (χ4v) is 4.79. The average Bonchev–Trinajstić information content (AvgIpc) is 2.98. The first-order chi connectivity index (χ1) is 10.9. The van der Waals surface area contributed by atoms with Gasteiger partial charge in [0.25, 0.3) is 0 Å². The van der Waals surface area contributed by atoms with Gasteiger partial charge in [-0.1, -0.05) is 6.42 Å². The monoisotopic (exact) mass is 341 g/mol. The fraction of sp³-hybridized carbons (Fsp3) is 0.786. The Balaban J connectivity index is 1.67. The third-order valence-electron chi connectivity index (χ3n) is 5.13. The molecule has 1 aromatic rings. The van der Waals surface area contributed by atoms with Gasteiger partial charge >= 0.3 is 6.03 Å². The van der Waals surface area contributed by atoms with Crippen molar-refractivity contribution < 1.29 is 13.2 Å². The molecule has 1 saturated carbocycles. The first kappa shape index (κ1) is 16.2. The van der Waals surface area contributed by atoms with Gasteiger partial charge in [0.15, 0.2) is 9.84 Å². The third-order valence-corrected chi connectivity index (χ3v) is 7.25. The molecule has 1 aliphatic heterocycles. The maximum absolute atomic E-state index is 12.6. The summed E-state index contributed by atoms with van der Waals surface area (Å²) in [6.45, 7) is 0.827. The summed E-state index contributed by atoms with van der Waals surface area (Å²) in [5.41, 5.74) is 0. The van der Waals surface area contributed by atoms with Gasteiger partial charge in [-0.15, -0.1) is 0 Å². The molecule has 0 radical (unpaired) electrons. The number of sulfone groups is 1. The van der Waals surface area contributed by atoms with Gasteiger partial charge in [-0.05, 0) is 32.1 Å². The first-order valence-electron chi connectivity index (χ1n) is 8.02. The lowest BCUT2D eigenvalue weighted by molar-refractivity contribution is 0.145. The number of urea groups is 1. The normalized spacial score (nSPS) is 24.0. The summed E-state index contributed by atoms with van der Waals surface area (Å²) in [7, 11) is -3.17. The molecule has 1 aliphatic carbocycles. The maximum Gasteiger partial charge on any atom is 0.318 e. The van der Waals surface area contributed by atoms with E-state index in [1.54, 1.807) is 4.90 Å². The number of H-pyrrole nitrogens is 1. The van der Waals surface area contributed by atoms with Gasteiger partial charge in [-0.2, -0.15) is 5.10 Å². The molecule has 0 bridgehead atoms. The molecule has 0 spiro atoms. The first-order valence-corrected chi connectivity index (χ1v) is 9.91. The van der Waals surface area contributed by atoms with Crippen molar-refractivity contribution in [1.82, 2.24) is 25.4 Å². The third kappa shape index (κ3) is 3.06. The number of nitrogens with one attached hydrogen (secondary N) is 2. The number of carbonyl (C=O) groups is 1. The summed E-state index contributed by atoms with van der Waals surface area (Å²) in [4.78, 5) is 18.5. The largest absolute Gasteiger partial charge is 0.336 e. The average molecular weight is 341 g/mol. The van der Waals surface area contributed by atoms with E-state index < -0.39 is 14.6 Å². The van der Waals surface area contributed by atoms with Gasteiger partial charge in [0, 0.05) is 19.3 Å². The van der Waals surface area contributed by atoms with Crippen LogP contribution < -0.4 is 5.32 Å². The molecule has 2 fully saturated rings. The lowest BCUT2D eigenvalue weighted by Gasteiger charge is -2.41. The van der Waals surface area contributed by atoms with E-state index in [0.29, 0.717) is 25.2 Å². The number of aromatic nitrogens is 3. The van der Waals surface area contributed by atoms with Crippen LogP contribution in [0.4, 0.5) is 4.79 Å². The van der Waals surface area contributed by atoms with Crippen molar-refractivity contribution in [2.45, 2.75) is 49.3 Å². The van der Waals surface area contributed by atoms with Crippen LogP contribution in [-0.2, 0) is 9.84 Å². The molecular formula is C14H23N5O3S. The highest BCUT2D eigenvalue weighted by atomic mass is 32.2. The number of rotatable bonds is 4. The summed E-state index contributed by atoms with van der Waals surface area (Å²) in [6.07, 6.45) is 7.64. The second kappa shape index (κ2) is 6.10. The number of hydrogen-bond acceptors (Lipinski definition) is 5. The number of carbonyl (C=O) groups excluding carboxylic acids is 1. The second-order valence-corrected chi connectivity index (χ2v) is 8.95. The highest BCUT2D eigenvalue weighted by molar-refractivity contribution is 7.92. The minimum atomic E-state index is -3.17. The Kier molecular flexibility index (Phi) is 4.31. The molecule has 2 heterocycles. The molecule has 128 valence electrons. The molecule has 3 rings (SSSR count). The number of aromatic amines is 1. The second-order valence-electron chi connectivity index (χ2n) is 6.54. The Morgan fingerprint density at radius 2 is 2.22 bits per heavy atom. The van der Waals surface area contributed by atoms with Crippen molar-refractivity contribution >= 4 is 15.9 Å². The van der Waals surface area contributed by atoms with Crippen LogP contribution in [0.25, 0.3) is 0 Å². The van der Waals surface area contributed by atoms with Crippen LogP contribution in [0.15, 0.2) is 6.33 Å². The van der Waals surface area contributed by atoms with Crippen molar-refractivity contribution in [2.75, 3.05) is 19.3 Å². The van der Waals surface area contributed by atoms with Gasteiger partial charge in [0.05, 0.1) is 10.8 Å². The molecule has 0 aromatic carbocycles. The number of likely N-dealkylation sites (tertiary alicyclic amines) is 1. The minimum absolute atomic E-state index is 0.123. The summed E-state index contributed by atoms with van der Waals surface area (Å²) in [5, 5.41) is 9.53. The van der Waals surface area contributed by atoms with E-state index in [1.165, 1.54) is 12.6 Å². The van der Waals surface area contributed by atoms with Gasteiger partial charge < -0.3 is 10.2 Å². The zero-order valence-electron chi connectivity index (χ0n) is 13.3. The van der Waals surface area contributed by atoms with Crippen LogP contribution in [0, 0.1) is 0 Å². The maximum atomic E-state index is 12.6. The molecule has 2 N–H and O–H groups in total. The van der Waals surface area contributed by atoms with Crippen LogP contribution in [-0.4, -0.2) is 58.6 Å². The van der Waals surface area contributed by atoms with E-state index in [1.807, 2.05) is 0 Å². The van der Waals surface area contributed by atoms with Crippen LogP contribution in [0.3, 0.4) is 0 Å². The Hall–Kier alpha value is -1.64. The molecule has 1 atom stereocenters. The lowest BCUT2D eigenvalue weighted by atomic mass is 9.84. The van der Waals surface area contributed by atoms with E-state index in [9.17, 15) is 13.2 Å². The Labute approximate surface area is 136 Å². The van der Waals surface area contributed by atoms with Gasteiger partial charge in [-0.3, -0.25) is 5.10 Å². The quantitative estimate of drug-likeness (QED) is 0.849. The highest BCUT2D eigenvalue weighted by Gasteiger charge is 2.46. The van der Waals surface area contributed by atoms with E-state index in [0.717, 1.165) is 25.7 Å². The van der Waals surface area contributed by atoms with E-state index in [4.69, 9.17) is 0 Å². The highest BCUT2D eigenvalue weighted by Crippen LogP contribution is 2.38. The predicted molar refractivity (Wildman–Crippen MR) is 84.5 cm³/mol. The van der Waals surface area contributed by atoms with Gasteiger partial charge in [0.2, 0.25) is 0 Å². The van der Waals surface area contributed by atoms with Crippen LogP contribution in [0.2, 0.25) is 0 Å². The topological polar surface area (TPSA) is 108 Å². The summed E-state index contributed by atoms with van der Waals surface area (Å²) >= 11 is 0. The standard InChI is InChI=1S/C14H23N5O3S/c1-23(21,22)14(6-4-7-14)9-15-13(20)19-8-3-2-5-11(19)12-16-10-17-18-12/h10-11H,2-9H2,1H3,(H,15,20)(H,16,17,18). The van der Waals surface area contributed by atoms with Crippen LogP contribution in [0.1, 0.15) is 50.4 Å². The summed E-state index contributed by atoms with van der Waals surface area (Å²) in [6, 6.07) is -0.345. The smallest absolute Gasteiger partial charge is 0.318 e. The Bertz CT molecular complexity index is 654. The molecule has 2 aliphatic rings. The molecule has 9 heteroatoms. The minimum Gasteiger partial charge on any atom is -0.336 e. The van der Waals surface area contributed by atoms with Crippen LogP contribution >= 0.6 is 0 Å². The molecule has 1 unspecified atom stereocenters.